The predicted molar refractivity (Wildman–Crippen MR) is 64.9 cm³/mol. The van der Waals surface area contributed by atoms with Gasteiger partial charge < -0.3 is 14.7 Å². The Balaban J connectivity index is 2.62. The van der Waals surface area contributed by atoms with Crippen molar-refractivity contribution in [3.8, 4) is 0 Å². The molecule has 0 aliphatic carbocycles. The molecule has 0 bridgehead atoms. The summed E-state index contributed by atoms with van der Waals surface area (Å²) < 4.78 is 4.57. The number of hydrogen-bond donors (Lipinski definition) is 1. The van der Waals surface area contributed by atoms with Gasteiger partial charge in [-0.25, -0.2) is 9.59 Å². The minimum absolute atomic E-state index is 0.404. The van der Waals surface area contributed by atoms with Crippen molar-refractivity contribution in [3.63, 3.8) is 0 Å². The van der Waals surface area contributed by atoms with Crippen LogP contribution in [-0.4, -0.2) is 36.2 Å². The number of carbonyl (C=O) groups excluding carboxylic acids is 1. The highest BCUT2D eigenvalue weighted by molar-refractivity contribution is 7.11. The molecule has 5 nitrogen and oxygen atoms in total. The van der Waals surface area contributed by atoms with Crippen LogP contribution in [-0.2, 0) is 16.1 Å². The number of hydrogen-bond acceptors (Lipinski definition) is 4. The summed E-state index contributed by atoms with van der Waals surface area (Å²) in [6, 6.07) is 1.84. The first kappa shape index (κ1) is 13.2. The summed E-state index contributed by atoms with van der Waals surface area (Å²) in [6.07, 6.45) is 2.20. The third-order valence-corrected chi connectivity index (χ3v) is 2.92. The van der Waals surface area contributed by atoms with E-state index in [1.807, 2.05) is 11.4 Å². The van der Waals surface area contributed by atoms with Crippen molar-refractivity contribution < 1.29 is 19.4 Å². The van der Waals surface area contributed by atoms with Crippen molar-refractivity contribution in [2.24, 2.45) is 0 Å². The van der Waals surface area contributed by atoms with Gasteiger partial charge in [-0.1, -0.05) is 0 Å². The van der Waals surface area contributed by atoms with Crippen LogP contribution >= 0.6 is 11.3 Å². The van der Waals surface area contributed by atoms with Crippen LogP contribution in [0.2, 0.25) is 0 Å². The van der Waals surface area contributed by atoms with E-state index in [0.29, 0.717) is 6.54 Å². The molecular weight excluding hydrogens is 242 g/mol. The van der Waals surface area contributed by atoms with Gasteiger partial charge in [-0.2, -0.15) is 0 Å². The number of nitrogens with zero attached hydrogens (tertiary/aromatic N) is 1. The molecule has 0 saturated heterocycles. The summed E-state index contributed by atoms with van der Waals surface area (Å²) in [5, 5.41) is 10.4. The summed E-state index contributed by atoms with van der Waals surface area (Å²) in [7, 11) is 2.96. The summed E-state index contributed by atoms with van der Waals surface area (Å²) in [4.78, 5) is 23.8. The first-order chi connectivity index (χ1) is 8.02. The van der Waals surface area contributed by atoms with Crippen LogP contribution in [0.4, 0.5) is 4.79 Å². The van der Waals surface area contributed by atoms with Crippen LogP contribution in [0, 0.1) is 0 Å². The maximum Gasteiger partial charge on any atom is 0.409 e. The SMILES string of the molecule is COC(=O)N(C)Cc1csc(C=CC(=O)O)c1. The van der Waals surface area contributed by atoms with Gasteiger partial charge in [0.1, 0.15) is 0 Å². The number of amides is 1. The molecule has 0 aliphatic rings. The fourth-order valence-electron chi connectivity index (χ4n) is 1.21. The molecule has 1 aromatic heterocycles. The van der Waals surface area contributed by atoms with Gasteiger partial charge in [0, 0.05) is 24.5 Å². The molecule has 0 saturated carbocycles. The molecule has 0 atom stereocenters. The summed E-state index contributed by atoms with van der Waals surface area (Å²) in [5.41, 5.74) is 0.938. The van der Waals surface area contributed by atoms with E-state index < -0.39 is 12.1 Å². The minimum Gasteiger partial charge on any atom is -0.478 e. The number of ether oxygens (including phenoxy) is 1. The van der Waals surface area contributed by atoms with Gasteiger partial charge in [0.15, 0.2) is 0 Å². The lowest BCUT2D eigenvalue weighted by molar-refractivity contribution is -0.131. The molecule has 0 aliphatic heterocycles. The van der Waals surface area contributed by atoms with E-state index in [4.69, 9.17) is 5.11 Å². The zero-order valence-corrected chi connectivity index (χ0v) is 10.4. The standard InChI is InChI=1S/C11H13NO4S/c1-12(11(15)16-2)6-8-5-9(17-7-8)3-4-10(13)14/h3-5,7H,6H2,1-2H3,(H,13,14). The number of methoxy groups -OCH3 is 1. The average molecular weight is 255 g/mol. The lowest BCUT2D eigenvalue weighted by Gasteiger charge is -2.13. The second-order valence-electron chi connectivity index (χ2n) is 3.35. The van der Waals surface area contributed by atoms with Gasteiger partial charge in [-0.15, -0.1) is 11.3 Å². The molecule has 1 N–H and O–H groups in total. The van der Waals surface area contributed by atoms with Crippen molar-refractivity contribution in [1.29, 1.82) is 0 Å². The van der Waals surface area contributed by atoms with Gasteiger partial charge >= 0.3 is 12.1 Å². The molecule has 17 heavy (non-hydrogen) atoms. The van der Waals surface area contributed by atoms with E-state index in [2.05, 4.69) is 4.74 Å². The summed E-state index contributed by atoms with van der Waals surface area (Å²) in [6.45, 7) is 0.435. The number of thiophene rings is 1. The molecule has 0 unspecified atom stereocenters. The summed E-state index contributed by atoms with van der Waals surface area (Å²) >= 11 is 1.42. The van der Waals surface area contributed by atoms with Crippen LogP contribution in [0.1, 0.15) is 10.4 Å². The molecule has 1 rings (SSSR count). The molecular formula is C11H13NO4S. The fourth-order valence-corrected chi connectivity index (χ4v) is 2.01. The number of rotatable bonds is 4. The zero-order chi connectivity index (χ0) is 12.8. The Morgan fingerprint density at radius 3 is 2.88 bits per heavy atom. The first-order valence-corrected chi connectivity index (χ1v) is 5.68. The minimum atomic E-state index is -0.980. The van der Waals surface area contributed by atoms with Gasteiger partial charge in [0.2, 0.25) is 0 Å². The Morgan fingerprint density at radius 2 is 2.29 bits per heavy atom. The van der Waals surface area contributed by atoms with Crippen molar-refractivity contribution in [2.75, 3.05) is 14.2 Å². The van der Waals surface area contributed by atoms with E-state index in [0.717, 1.165) is 16.5 Å². The monoisotopic (exact) mass is 255 g/mol. The first-order valence-electron chi connectivity index (χ1n) is 4.80. The molecule has 1 heterocycles. The highest BCUT2D eigenvalue weighted by atomic mass is 32.1. The normalized spacial score (nSPS) is 10.5. The largest absolute Gasteiger partial charge is 0.478 e. The van der Waals surface area contributed by atoms with Gasteiger partial charge in [-0.05, 0) is 23.1 Å². The van der Waals surface area contributed by atoms with Gasteiger partial charge in [0.25, 0.3) is 0 Å². The molecule has 0 aromatic carbocycles. The lowest BCUT2D eigenvalue weighted by atomic mass is 10.3. The van der Waals surface area contributed by atoms with E-state index in [-0.39, 0.29) is 0 Å². The quantitative estimate of drug-likeness (QED) is 0.836. The maximum absolute atomic E-state index is 11.2. The molecule has 0 fully saturated rings. The van der Waals surface area contributed by atoms with Crippen LogP contribution in [0.3, 0.4) is 0 Å². The highest BCUT2D eigenvalue weighted by Crippen LogP contribution is 2.17. The van der Waals surface area contributed by atoms with E-state index in [1.54, 1.807) is 7.05 Å². The third kappa shape index (κ3) is 4.28. The van der Waals surface area contributed by atoms with Crippen molar-refractivity contribution in [1.82, 2.24) is 4.90 Å². The Bertz CT molecular complexity index is 438. The molecule has 1 amide bonds. The van der Waals surface area contributed by atoms with Crippen molar-refractivity contribution in [3.05, 3.63) is 28.0 Å². The lowest BCUT2D eigenvalue weighted by Crippen LogP contribution is -2.25. The van der Waals surface area contributed by atoms with Crippen molar-refractivity contribution in [2.45, 2.75) is 6.54 Å². The Hall–Kier alpha value is -1.82. The Kier molecular flexibility index (Phi) is 4.71. The van der Waals surface area contributed by atoms with Crippen LogP contribution in [0.5, 0.6) is 0 Å². The molecule has 6 heteroatoms. The zero-order valence-electron chi connectivity index (χ0n) is 9.54. The smallest absolute Gasteiger partial charge is 0.409 e. The molecule has 0 spiro atoms. The van der Waals surface area contributed by atoms with Gasteiger partial charge in [-0.3, -0.25) is 0 Å². The number of carboxylic acids is 1. The average Bonchev–Trinajstić information content (AvgIpc) is 2.73. The highest BCUT2D eigenvalue weighted by Gasteiger charge is 2.09. The fraction of sp³-hybridized carbons (Fsp3) is 0.273. The number of carboxylic acid groups (broad SMARTS) is 1. The molecule has 92 valence electrons. The maximum atomic E-state index is 11.2. The van der Waals surface area contributed by atoms with E-state index in [1.165, 1.54) is 29.4 Å². The van der Waals surface area contributed by atoms with E-state index >= 15 is 0 Å². The number of aliphatic carboxylic acids is 1. The second-order valence-corrected chi connectivity index (χ2v) is 4.30. The molecule has 0 radical (unpaired) electrons. The van der Waals surface area contributed by atoms with Crippen LogP contribution < -0.4 is 0 Å². The van der Waals surface area contributed by atoms with Crippen LogP contribution in [0.15, 0.2) is 17.5 Å². The van der Waals surface area contributed by atoms with E-state index in [9.17, 15) is 9.59 Å². The summed E-state index contributed by atoms with van der Waals surface area (Å²) in [5.74, 6) is -0.980. The number of carbonyl (C=O) groups is 2. The topological polar surface area (TPSA) is 66.8 Å². The second kappa shape index (κ2) is 6.05. The Labute approximate surface area is 103 Å². The predicted octanol–water partition coefficient (Wildman–Crippen LogP) is 2.04. The van der Waals surface area contributed by atoms with Crippen molar-refractivity contribution >= 4 is 29.5 Å². The van der Waals surface area contributed by atoms with Gasteiger partial charge in [0.05, 0.1) is 7.11 Å². The Morgan fingerprint density at radius 1 is 1.59 bits per heavy atom. The molecule has 1 aromatic rings. The van der Waals surface area contributed by atoms with Crippen LogP contribution in [0.25, 0.3) is 6.08 Å². The third-order valence-electron chi connectivity index (χ3n) is 1.97.